The molecule has 1 aliphatic carbocycles. The maximum Gasteiger partial charge on any atom is 0.260 e. The van der Waals surface area contributed by atoms with Gasteiger partial charge in [-0.15, -0.1) is 0 Å². The third-order valence-corrected chi connectivity index (χ3v) is 7.64. The number of hydrogen-bond acceptors (Lipinski definition) is 5. The molecule has 0 unspecified atom stereocenters. The zero-order chi connectivity index (χ0) is 24.1. The second kappa shape index (κ2) is 10.6. The summed E-state index contributed by atoms with van der Waals surface area (Å²) in [6.45, 7) is 2.98. The molecule has 0 spiro atoms. The number of hydrogen-bond donors (Lipinski definition) is 1. The van der Waals surface area contributed by atoms with Crippen molar-refractivity contribution in [3.63, 3.8) is 0 Å². The van der Waals surface area contributed by atoms with E-state index in [2.05, 4.69) is 17.4 Å². The molecular formula is C28H34N2O5. The van der Waals surface area contributed by atoms with E-state index >= 15 is 0 Å². The first-order valence-corrected chi connectivity index (χ1v) is 12.8. The van der Waals surface area contributed by atoms with Gasteiger partial charge in [-0.05, 0) is 55.5 Å². The number of carbonyl (C=O) groups excluding carboxylic acids is 2. The van der Waals surface area contributed by atoms with Gasteiger partial charge in [-0.25, -0.2) is 0 Å². The van der Waals surface area contributed by atoms with Crippen LogP contribution < -0.4 is 19.5 Å². The maximum atomic E-state index is 13.1. The number of nitrogens with zero attached hydrogens (tertiary/aromatic N) is 1. The third kappa shape index (κ3) is 5.39. The fourth-order valence-electron chi connectivity index (χ4n) is 5.54. The summed E-state index contributed by atoms with van der Waals surface area (Å²) in [4.78, 5) is 27.4. The number of carbonyl (C=O) groups is 2. The Bertz CT molecular complexity index is 1030. The molecule has 3 aliphatic rings. The van der Waals surface area contributed by atoms with Crippen LogP contribution in [0.25, 0.3) is 0 Å². The van der Waals surface area contributed by atoms with Crippen LogP contribution in [0.3, 0.4) is 0 Å². The second-order valence-corrected chi connectivity index (χ2v) is 9.82. The Balaban J connectivity index is 1.13. The number of para-hydroxylation sites is 1. The van der Waals surface area contributed by atoms with Crippen LogP contribution in [0.1, 0.15) is 44.1 Å². The van der Waals surface area contributed by atoms with E-state index in [1.165, 1.54) is 5.56 Å². The molecule has 0 radical (unpaired) electrons. The number of amides is 2. The second-order valence-electron chi connectivity index (χ2n) is 9.82. The van der Waals surface area contributed by atoms with Gasteiger partial charge in [-0.1, -0.05) is 37.1 Å². The summed E-state index contributed by atoms with van der Waals surface area (Å²) < 4.78 is 17.1. The minimum absolute atomic E-state index is 0.0267. The van der Waals surface area contributed by atoms with Crippen molar-refractivity contribution in [1.29, 1.82) is 0 Å². The Morgan fingerprint density at radius 2 is 1.69 bits per heavy atom. The molecule has 0 aromatic heterocycles. The van der Waals surface area contributed by atoms with Crippen LogP contribution in [-0.4, -0.2) is 56.2 Å². The van der Waals surface area contributed by atoms with E-state index in [0.717, 1.165) is 37.2 Å². The molecule has 7 nitrogen and oxygen atoms in total. The molecule has 2 heterocycles. The first kappa shape index (κ1) is 23.5. The highest BCUT2D eigenvalue weighted by molar-refractivity contribution is 5.80. The standard InChI is InChI=1S/C28H34N2O5/c31-26(19-35-23-6-2-1-3-7-23)30-14-10-21(11-15-30)27(32)29-20-28(12-4-5-13-28)22-8-9-24-25(18-22)34-17-16-33-24/h1-3,6-9,18,21H,4-5,10-17,19-20H2,(H,29,32). The monoisotopic (exact) mass is 478 g/mol. The zero-order valence-electron chi connectivity index (χ0n) is 20.2. The van der Waals surface area contributed by atoms with Crippen molar-refractivity contribution in [2.45, 2.75) is 43.9 Å². The van der Waals surface area contributed by atoms with E-state index in [1.807, 2.05) is 36.4 Å². The van der Waals surface area contributed by atoms with E-state index in [9.17, 15) is 9.59 Å². The van der Waals surface area contributed by atoms with E-state index in [-0.39, 0.29) is 29.8 Å². The fraction of sp³-hybridized carbons (Fsp3) is 0.500. The average molecular weight is 479 g/mol. The Morgan fingerprint density at radius 3 is 2.43 bits per heavy atom. The van der Waals surface area contributed by atoms with Crippen molar-refractivity contribution in [2.24, 2.45) is 5.92 Å². The van der Waals surface area contributed by atoms with Gasteiger partial charge < -0.3 is 24.4 Å². The normalized spacial score (nSPS) is 19.3. The van der Waals surface area contributed by atoms with Gasteiger partial charge in [0.15, 0.2) is 18.1 Å². The lowest BCUT2D eigenvalue weighted by atomic mass is 9.78. The number of rotatable bonds is 7. The SMILES string of the molecule is O=C(NCC1(c2ccc3c(c2)OCCO3)CCCC1)C1CCN(C(=O)COc2ccccc2)CC1. The predicted molar refractivity (Wildman–Crippen MR) is 132 cm³/mol. The molecule has 2 fully saturated rings. The molecular weight excluding hydrogens is 444 g/mol. The number of benzene rings is 2. The summed E-state index contributed by atoms with van der Waals surface area (Å²) in [6, 6.07) is 15.6. The molecule has 7 heteroatoms. The van der Waals surface area contributed by atoms with Crippen LogP contribution in [0.4, 0.5) is 0 Å². The van der Waals surface area contributed by atoms with Gasteiger partial charge in [-0.2, -0.15) is 0 Å². The molecule has 0 bridgehead atoms. The van der Waals surface area contributed by atoms with Crippen molar-refractivity contribution in [1.82, 2.24) is 10.2 Å². The Kier molecular flexibility index (Phi) is 7.11. The number of nitrogens with one attached hydrogen (secondary N) is 1. The summed E-state index contributed by atoms with van der Waals surface area (Å²) in [5, 5.41) is 3.27. The van der Waals surface area contributed by atoms with E-state index < -0.39 is 0 Å². The van der Waals surface area contributed by atoms with Crippen molar-refractivity contribution in [3.05, 3.63) is 54.1 Å². The topological polar surface area (TPSA) is 77.1 Å². The zero-order valence-corrected chi connectivity index (χ0v) is 20.2. The molecule has 2 aromatic rings. The van der Waals surface area contributed by atoms with Gasteiger partial charge in [0.2, 0.25) is 5.91 Å². The largest absolute Gasteiger partial charge is 0.486 e. The van der Waals surface area contributed by atoms with Crippen molar-refractivity contribution in [3.8, 4) is 17.2 Å². The van der Waals surface area contributed by atoms with Gasteiger partial charge in [0.05, 0.1) is 0 Å². The lowest BCUT2D eigenvalue weighted by molar-refractivity contribution is -0.137. The van der Waals surface area contributed by atoms with E-state index in [4.69, 9.17) is 14.2 Å². The van der Waals surface area contributed by atoms with Gasteiger partial charge in [0.25, 0.3) is 5.91 Å². The maximum absolute atomic E-state index is 13.1. The molecule has 2 aliphatic heterocycles. The number of ether oxygens (including phenoxy) is 3. The van der Waals surface area contributed by atoms with Crippen molar-refractivity contribution >= 4 is 11.8 Å². The quantitative estimate of drug-likeness (QED) is 0.657. The van der Waals surface area contributed by atoms with Crippen LogP contribution in [-0.2, 0) is 15.0 Å². The number of fused-ring (bicyclic) bond motifs is 1. The minimum Gasteiger partial charge on any atom is -0.486 e. The van der Waals surface area contributed by atoms with E-state index in [0.29, 0.717) is 51.4 Å². The first-order valence-electron chi connectivity index (χ1n) is 12.8. The molecule has 5 rings (SSSR count). The average Bonchev–Trinajstić information content (AvgIpc) is 3.41. The Hall–Kier alpha value is -3.22. The Labute approximate surface area is 206 Å². The molecule has 35 heavy (non-hydrogen) atoms. The van der Waals surface area contributed by atoms with Gasteiger partial charge in [0.1, 0.15) is 19.0 Å². The van der Waals surface area contributed by atoms with Crippen LogP contribution in [0.15, 0.2) is 48.5 Å². The molecule has 1 saturated heterocycles. The van der Waals surface area contributed by atoms with Gasteiger partial charge >= 0.3 is 0 Å². The van der Waals surface area contributed by atoms with Crippen LogP contribution in [0.2, 0.25) is 0 Å². The summed E-state index contributed by atoms with van der Waals surface area (Å²) in [5.74, 6) is 2.30. The highest BCUT2D eigenvalue weighted by Crippen LogP contribution is 2.44. The van der Waals surface area contributed by atoms with Crippen molar-refractivity contribution < 1.29 is 23.8 Å². The van der Waals surface area contributed by atoms with Gasteiger partial charge in [0, 0.05) is 31.0 Å². The van der Waals surface area contributed by atoms with Crippen LogP contribution in [0, 0.1) is 5.92 Å². The Morgan fingerprint density at radius 1 is 0.971 bits per heavy atom. The highest BCUT2D eigenvalue weighted by atomic mass is 16.6. The van der Waals surface area contributed by atoms with Crippen molar-refractivity contribution in [2.75, 3.05) is 39.5 Å². The van der Waals surface area contributed by atoms with Crippen LogP contribution in [0.5, 0.6) is 17.2 Å². The first-order chi connectivity index (χ1) is 17.1. The lowest BCUT2D eigenvalue weighted by Gasteiger charge is -2.34. The molecule has 2 amide bonds. The smallest absolute Gasteiger partial charge is 0.260 e. The third-order valence-electron chi connectivity index (χ3n) is 7.64. The summed E-state index contributed by atoms with van der Waals surface area (Å²) in [5.41, 5.74) is 1.16. The summed E-state index contributed by atoms with van der Waals surface area (Å²) >= 11 is 0. The molecule has 1 N–H and O–H groups in total. The summed E-state index contributed by atoms with van der Waals surface area (Å²) in [7, 11) is 0. The molecule has 1 saturated carbocycles. The number of likely N-dealkylation sites (tertiary alicyclic amines) is 1. The number of piperidine rings is 1. The van der Waals surface area contributed by atoms with E-state index in [1.54, 1.807) is 4.90 Å². The predicted octanol–water partition coefficient (Wildman–Crippen LogP) is 3.70. The molecule has 2 aromatic carbocycles. The fourth-order valence-corrected chi connectivity index (χ4v) is 5.54. The minimum atomic E-state index is -0.0622. The molecule has 0 atom stereocenters. The van der Waals surface area contributed by atoms with Crippen LogP contribution >= 0.6 is 0 Å². The summed E-state index contributed by atoms with van der Waals surface area (Å²) in [6.07, 6.45) is 5.80. The highest BCUT2D eigenvalue weighted by Gasteiger charge is 2.38. The van der Waals surface area contributed by atoms with Gasteiger partial charge in [-0.3, -0.25) is 9.59 Å². The molecule has 186 valence electrons. The lowest BCUT2D eigenvalue weighted by Crippen LogP contribution is -2.46.